The van der Waals surface area contributed by atoms with Crippen molar-refractivity contribution in [3.8, 4) is 0 Å². The standard InChI is InChI=1S/C12H17ClN2O3S/c1-15(7-8-4-10(16)5-8)19(17,18)12-3-2-9(13)6-11(12)14/h2-3,6,8,10,16H,4-5,7,14H2,1H3. The van der Waals surface area contributed by atoms with Gasteiger partial charge in [-0.05, 0) is 37.0 Å². The van der Waals surface area contributed by atoms with Crippen molar-refractivity contribution in [3.63, 3.8) is 0 Å². The Bertz CT molecular complexity index is 570. The van der Waals surface area contributed by atoms with Gasteiger partial charge in [0.05, 0.1) is 11.8 Å². The fraction of sp³-hybridized carbons (Fsp3) is 0.500. The largest absolute Gasteiger partial charge is 0.398 e. The monoisotopic (exact) mass is 304 g/mol. The van der Waals surface area contributed by atoms with E-state index in [0.29, 0.717) is 24.4 Å². The van der Waals surface area contributed by atoms with Gasteiger partial charge in [-0.1, -0.05) is 11.6 Å². The minimum atomic E-state index is -3.61. The molecular formula is C12H17ClN2O3S. The van der Waals surface area contributed by atoms with E-state index in [1.807, 2.05) is 0 Å². The molecule has 0 saturated heterocycles. The molecular weight excluding hydrogens is 288 g/mol. The second kappa shape index (κ2) is 5.28. The van der Waals surface area contributed by atoms with Crippen LogP contribution in [0.15, 0.2) is 23.1 Å². The summed E-state index contributed by atoms with van der Waals surface area (Å²) in [5.74, 6) is 0.211. The van der Waals surface area contributed by atoms with Crippen LogP contribution >= 0.6 is 11.6 Å². The summed E-state index contributed by atoms with van der Waals surface area (Å²) in [6.45, 7) is 0.390. The van der Waals surface area contributed by atoms with Gasteiger partial charge < -0.3 is 10.8 Å². The number of aliphatic hydroxyl groups is 1. The van der Waals surface area contributed by atoms with Gasteiger partial charge in [-0.3, -0.25) is 0 Å². The fourth-order valence-corrected chi connectivity index (χ4v) is 3.75. The summed E-state index contributed by atoms with van der Waals surface area (Å²) in [4.78, 5) is 0.0688. The minimum absolute atomic E-state index is 0.0688. The Morgan fingerprint density at radius 1 is 1.47 bits per heavy atom. The summed E-state index contributed by atoms with van der Waals surface area (Å²) in [5, 5.41) is 9.63. The van der Waals surface area contributed by atoms with Gasteiger partial charge in [-0.2, -0.15) is 0 Å². The van der Waals surface area contributed by atoms with E-state index in [2.05, 4.69) is 0 Å². The third-order valence-electron chi connectivity index (χ3n) is 3.39. The summed E-state index contributed by atoms with van der Waals surface area (Å²) < 4.78 is 26.0. The Balaban J connectivity index is 2.16. The molecule has 0 atom stereocenters. The number of halogens is 1. The highest BCUT2D eigenvalue weighted by Crippen LogP contribution is 2.30. The number of aliphatic hydroxyl groups excluding tert-OH is 1. The topological polar surface area (TPSA) is 83.6 Å². The van der Waals surface area contributed by atoms with Crippen LogP contribution in [0.3, 0.4) is 0 Å². The van der Waals surface area contributed by atoms with Crippen LogP contribution in [0.4, 0.5) is 5.69 Å². The Hall–Kier alpha value is -0.820. The van der Waals surface area contributed by atoms with Crippen molar-refractivity contribution in [2.45, 2.75) is 23.8 Å². The van der Waals surface area contributed by atoms with Crippen molar-refractivity contribution in [2.24, 2.45) is 5.92 Å². The van der Waals surface area contributed by atoms with E-state index in [1.165, 1.54) is 29.6 Å². The first-order valence-electron chi connectivity index (χ1n) is 6.00. The predicted molar refractivity (Wildman–Crippen MR) is 74.4 cm³/mol. The molecule has 0 radical (unpaired) electrons. The van der Waals surface area contributed by atoms with Crippen LogP contribution in [0.2, 0.25) is 5.02 Å². The molecule has 0 heterocycles. The Kier molecular flexibility index (Phi) is 4.06. The van der Waals surface area contributed by atoms with E-state index in [1.54, 1.807) is 0 Å². The zero-order valence-corrected chi connectivity index (χ0v) is 12.2. The first-order chi connectivity index (χ1) is 8.80. The Labute approximate surface area is 118 Å². The highest BCUT2D eigenvalue weighted by Gasteiger charge is 2.32. The third kappa shape index (κ3) is 3.02. The van der Waals surface area contributed by atoms with Gasteiger partial charge in [-0.25, -0.2) is 12.7 Å². The van der Waals surface area contributed by atoms with Gasteiger partial charge in [0.15, 0.2) is 0 Å². The van der Waals surface area contributed by atoms with E-state index in [0.717, 1.165) is 0 Å². The average molecular weight is 305 g/mol. The average Bonchev–Trinajstić information content (AvgIpc) is 2.26. The summed E-state index contributed by atoms with van der Waals surface area (Å²) in [6, 6.07) is 4.35. The molecule has 1 aromatic rings. The molecule has 5 nitrogen and oxygen atoms in total. The molecule has 0 bridgehead atoms. The van der Waals surface area contributed by atoms with Gasteiger partial charge in [0.1, 0.15) is 4.90 Å². The van der Waals surface area contributed by atoms with Gasteiger partial charge in [-0.15, -0.1) is 0 Å². The molecule has 2 rings (SSSR count). The van der Waals surface area contributed by atoms with E-state index in [4.69, 9.17) is 17.3 Å². The Morgan fingerprint density at radius 3 is 2.63 bits per heavy atom. The van der Waals surface area contributed by atoms with Crippen LogP contribution < -0.4 is 5.73 Å². The lowest BCUT2D eigenvalue weighted by atomic mass is 9.82. The molecule has 1 fully saturated rings. The Morgan fingerprint density at radius 2 is 2.11 bits per heavy atom. The number of nitrogens with zero attached hydrogens (tertiary/aromatic N) is 1. The molecule has 3 N–H and O–H groups in total. The van der Waals surface area contributed by atoms with Crippen molar-refractivity contribution >= 4 is 27.3 Å². The first kappa shape index (κ1) is 14.6. The third-order valence-corrected chi connectivity index (χ3v) is 5.52. The molecule has 1 aliphatic rings. The van der Waals surface area contributed by atoms with Crippen LogP contribution in [0.25, 0.3) is 0 Å². The highest BCUT2D eigenvalue weighted by atomic mass is 35.5. The van der Waals surface area contributed by atoms with Crippen molar-refractivity contribution in [2.75, 3.05) is 19.3 Å². The molecule has 106 valence electrons. The summed E-state index contributed by atoms with van der Waals surface area (Å²) in [5.41, 5.74) is 5.86. The quantitative estimate of drug-likeness (QED) is 0.822. The van der Waals surface area contributed by atoms with Gasteiger partial charge in [0, 0.05) is 18.6 Å². The molecule has 0 aliphatic heterocycles. The second-order valence-corrected chi connectivity index (χ2v) is 7.41. The zero-order valence-electron chi connectivity index (χ0n) is 10.6. The maximum Gasteiger partial charge on any atom is 0.244 e. The molecule has 1 saturated carbocycles. The van der Waals surface area contributed by atoms with Crippen LogP contribution in [0.1, 0.15) is 12.8 Å². The van der Waals surface area contributed by atoms with Crippen molar-refractivity contribution in [1.29, 1.82) is 0 Å². The second-order valence-electron chi connectivity index (χ2n) is 4.96. The normalized spacial score (nSPS) is 23.4. The molecule has 1 aliphatic carbocycles. The molecule has 7 heteroatoms. The number of rotatable bonds is 4. The minimum Gasteiger partial charge on any atom is -0.398 e. The molecule has 0 spiro atoms. The van der Waals surface area contributed by atoms with Crippen molar-refractivity contribution in [3.05, 3.63) is 23.2 Å². The van der Waals surface area contributed by atoms with E-state index >= 15 is 0 Å². The van der Waals surface area contributed by atoms with Crippen LogP contribution in [-0.4, -0.2) is 37.5 Å². The number of hydrogen-bond acceptors (Lipinski definition) is 4. The van der Waals surface area contributed by atoms with Gasteiger partial charge in [0.2, 0.25) is 10.0 Å². The lowest BCUT2D eigenvalue weighted by molar-refractivity contribution is 0.0367. The zero-order chi connectivity index (χ0) is 14.2. The fourth-order valence-electron chi connectivity index (χ4n) is 2.23. The number of anilines is 1. The number of nitrogen functional groups attached to an aromatic ring is 1. The summed E-state index contributed by atoms with van der Waals surface area (Å²) in [6.07, 6.45) is 1.01. The van der Waals surface area contributed by atoms with E-state index < -0.39 is 10.0 Å². The smallest absolute Gasteiger partial charge is 0.244 e. The SMILES string of the molecule is CN(CC1CC(O)C1)S(=O)(=O)c1ccc(Cl)cc1N. The molecule has 19 heavy (non-hydrogen) atoms. The van der Waals surface area contributed by atoms with Crippen LogP contribution in [0.5, 0.6) is 0 Å². The lowest BCUT2D eigenvalue weighted by Crippen LogP contribution is -2.39. The number of benzene rings is 1. The van der Waals surface area contributed by atoms with Crippen LogP contribution in [-0.2, 0) is 10.0 Å². The first-order valence-corrected chi connectivity index (χ1v) is 7.82. The van der Waals surface area contributed by atoms with Crippen molar-refractivity contribution < 1.29 is 13.5 Å². The maximum absolute atomic E-state index is 12.4. The predicted octanol–water partition coefficient (Wildman–Crippen LogP) is 1.31. The number of sulfonamides is 1. The van der Waals surface area contributed by atoms with E-state index in [9.17, 15) is 13.5 Å². The van der Waals surface area contributed by atoms with Gasteiger partial charge >= 0.3 is 0 Å². The maximum atomic E-state index is 12.4. The van der Waals surface area contributed by atoms with Crippen molar-refractivity contribution in [1.82, 2.24) is 4.31 Å². The number of hydrogen-bond donors (Lipinski definition) is 2. The number of nitrogens with two attached hydrogens (primary N) is 1. The highest BCUT2D eigenvalue weighted by molar-refractivity contribution is 7.89. The molecule has 0 aromatic heterocycles. The van der Waals surface area contributed by atoms with Crippen LogP contribution in [0, 0.1) is 5.92 Å². The van der Waals surface area contributed by atoms with Gasteiger partial charge in [0.25, 0.3) is 0 Å². The molecule has 1 aromatic carbocycles. The summed E-state index contributed by atoms with van der Waals surface area (Å²) >= 11 is 5.76. The molecule has 0 amide bonds. The molecule has 0 unspecified atom stereocenters. The summed E-state index contributed by atoms with van der Waals surface area (Å²) in [7, 11) is -2.09. The lowest BCUT2D eigenvalue weighted by Gasteiger charge is -2.34. The van der Waals surface area contributed by atoms with E-state index in [-0.39, 0.29) is 22.6 Å².